The van der Waals surface area contributed by atoms with Gasteiger partial charge in [0.2, 0.25) is 5.91 Å². The fraction of sp³-hybridized carbons (Fsp3) is 0.462. The summed E-state index contributed by atoms with van der Waals surface area (Å²) in [6.45, 7) is 2.13. The highest BCUT2D eigenvalue weighted by Gasteiger charge is 2.28. The third-order valence-corrected chi connectivity index (χ3v) is 3.39. The molecule has 0 aliphatic carbocycles. The SMILES string of the molecule is COc1cc2c(cc1C1NCCNC1=O)OCC2. The molecule has 0 aromatic heterocycles. The van der Waals surface area contributed by atoms with Crippen molar-refractivity contribution in [3.05, 3.63) is 23.3 Å². The summed E-state index contributed by atoms with van der Waals surface area (Å²) in [7, 11) is 1.63. The van der Waals surface area contributed by atoms with Gasteiger partial charge < -0.3 is 20.1 Å². The molecule has 5 nitrogen and oxygen atoms in total. The molecule has 1 unspecified atom stereocenters. The standard InChI is InChI=1S/C13H16N2O3/c1-17-11-6-8-2-5-18-10(8)7-9(11)12-13(16)15-4-3-14-12/h6-7,12,14H,2-5H2,1H3,(H,15,16). The fourth-order valence-corrected chi connectivity index (χ4v) is 2.47. The molecule has 0 bridgehead atoms. The van der Waals surface area contributed by atoms with E-state index in [4.69, 9.17) is 9.47 Å². The topological polar surface area (TPSA) is 59.6 Å². The molecule has 2 N–H and O–H groups in total. The first kappa shape index (κ1) is 11.3. The van der Waals surface area contributed by atoms with Crippen LogP contribution in [0.3, 0.4) is 0 Å². The number of ether oxygens (including phenoxy) is 2. The van der Waals surface area contributed by atoms with E-state index in [2.05, 4.69) is 10.6 Å². The average Bonchev–Trinajstić information content (AvgIpc) is 2.85. The number of carbonyl (C=O) groups is 1. The van der Waals surface area contributed by atoms with E-state index >= 15 is 0 Å². The van der Waals surface area contributed by atoms with Crippen LogP contribution in [0, 0.1) is 0 Å². The van der Waals surface area contributed by atoms with Crippen LogP contribution in [0.2, 0.25) is 0 Å². The largest absolute Gasteiger partial charge is 0.496 e. The monoisotopic (exact) mass is 248 g/mol. The van der Waals surface area contributed by atoms with Gasteiger partial charge in [0.1, 0.15) is 17.5 Å². The lowest BCUT2D eigenvalue weighted by molar-refractivity contribution is -0.124. The van der Waals surface area contributed by atoms with Crippen LogP contribution in [0.25, 0.3) is 0 Å². The maximum absolute atomic E-state index is 11.9. The number of hydrogen-bond acceptors (Lipinski definition) is 4. The van der Waals surface area contributed by atoms with Gasteiger partial charge in [-0.2, -0.15) is 0 Å². The first-order valence-corrected chi connectivity index (χ1v) is 6.14. The Bertz CT molecular complexity index is 487. The molecule has 1 fully saturated rings. The number of hydrogen-bond donors (Lipinski definition) is 2. The van der Waals surface area contributed by atoms with Gasteiger partial charge in [0.25, 0.3) is 0 Å². The molecule has 0 radical (unpaired) electrons. The second-order valence-corrected chi connectivity index (χ2v) is 4.48. The lowest BCUT2D eigenvalue weighted by Gasteiger charge is -2.25. The molecular formula is C13H16N2O3. The van der Waals surface area contributed by atoms with Crippen LogP contribution in [0.15, 0.2) is 12.1 Å². The number of fused-ring (bicyclic) bond motifs is 1. The summed E-state index contributed by atoms with van der Waals surface area (Å²) >= 11 is 0. The smallest absolute Gasteiger partial charge is 0.241 e. The van der Waals surface area contributed by atoms with Crippen LogP contribution in [-0.2, 0) is 11.2 Å². The van der Waals surface area contributed by atoms with E-state index in [1.54, 1.807) is 7.11 Å². The van der Waals surface area contributed by atoms with Crippen molar-refractivity contribution < 1.29 is 14.3 Å². The molecule has 96 valence electrons. The van der Waals surface area contributed by atoms with Gasteiger partial charge in [0.05, 0.1) is 13.7 Å². The molecule has 0 spiro atoms. The van der Waals surface area contributed by atoms with Crippen molar-refractivity contribution in [1.82, 2.24) is 10.6 Å². The number of nitrogens with one attached hydrogen (secondary N) is 2. The minimum absolute atomic E-state index is 0.0162. The highest BCUT2D eigenvalue weighted by Crippen LogP contribution is 2.36. The Labute approximate surface area is 105 Å². The number of piperazine rings is 1. The Morgan fingerprint density at radius 3 is 3.06 bits per heavy atom. The van der Waals surface area contributed by atoms with E-state index < -0.39 is 0 Å². The first-order valence-electron chi connectivity index (χ1n) is 6.14. The average molecular weight is 248 g/mol. The zero-order valence-corrected chi connectivity index (χ0v) is 10.3. The van der Waals surface area contributed by atoms with E-state index in [-0.39, 0.29) is 11.9 Å². The third-order valence-electron chi connectivity index (χ3n) is 3.39. The normalized spacial score (nSPS) is 22.1. The highest BCUT2D eigenvalue weighted by atomic mass is 16.5. The Morgan fingerprint density at radius 1 is 1.39 bits per heavy atom. The van der Waals surface area contributed by atoms with Gasteiger partial charge in [0.15, 0.2) is 0 Å². The second-order valence-electron chi connectivity index (χ2n) is 4.48. The fourth-order valence-electron chi connectivity index (χ4n) is 2.47. The van der Waals surface area contributed by atoms with Crippen molar-refractivity contribution in [2.45, 2.75) is 12.5 Å². The summed E-state index contributed by atoms with van der Waals surface area (Å²) in [5.74, 6) is 1.59. The van der Waals surface area contributed by atoms with Crippen molar-refractivity contribution in [3.63, 3.8) is 0 Å². The molecule has 2 heterocycles. The molecule has 0 saturated carbocycles. The van der Waals surface area contributed by atoms with Crippen LogP contribution in [-0.4, -0.2) is 32.7 Å². The number of rotatable bonds is 2. The van der Waals surface area contributed by atoms with E-state index in [9.17, 15) is 4.79 Å². The van der Waals surface area contributed by atoms with Crippen molar-refractivity contribution in [1.29, 1.82) is 0 Å². The maximum atomic E-state index is 11.9. The molecule has 3 rings (SSSR count). The minimum atomic E-state index is -0.358. The van der Waals surface area contributed by atoms with Crippen molar-refractivity contribution >= 4 is 5.91 Å². The number of carbonyl (C=O) groups excluding carboxylic acids is 1. The van der Waals surface area contributed by atoms with E-state index in [0.717, 1.165) is 35.6 Å². The summed E-state index contributed by atoms with van der Waals surface area (Å²) in [5.41, 5.74) is 1.99. The molecule has 1 amide bonds. The van der Waals surface area contributed by atoms with E-state index in [1.165, 1.54) is 0 Å². The zero-order chi connectivity index (χ0) is 12.5. The summed E-state index contributed by atoms with van der Waals surface area (Å²) < 4.78 is 10.9. The van der Waals surface area contributed by atoms with Crippen LogP contribution < -0.4 is 20.1 Å². The second kappa shape index (κ2) is 4.49. The Kier molecular flexibility index (Phi) is 2.83. The van der Waals surface area contributed by atoms with Crippen LogP contribution in [0.1, 0.15) is 17.2 Å². The minimum Gasteiger partial charge on any atom is -0.496 e. The van der Waals surface area contributed by atoms with Gasteiger partial charge in [-0.3, -0.25) is 4.79 Å². The molecule has 2 aliphatic heterocycles. The van der Waals surface area contributed by atoms with Gasteiger partial charge in [-0.15, -0.1) is 0 Å². The molecule has 5 heteroatoms. The van der Waals surface area contributed by atoms with Crippen LogP contribution in [0.5, 0.6) is 11.5 Å². The number of methoxy groups -OCH3 is 1. The molecule has 1 aromatic rings. The number of amides is 1. The van der Waals surface area contributed by atoms with Gasteiger partial charge >= 0.3 is 0 Å². The Hall–Kier alpha value is -1.75. The molecule has 18 heavy (non-hydrogen) atoms. The van der Waals surface area contributed by atoms with Gasteiger partial charge in [-0.05, 0) is 12.1 Å². The van der Waals surface area contributed by atoms with Gasteiger partial charge in [-0.1, -0.05) is 0 Å². The molecular weight excluding hydrogens is 232 g/mol. The molecule has 1 atom stereocenters. The summed E-state index contributed by atoms with van der Waals surface area (Å²) in [5, 5.41) is 6.06. The van der Waals surface area contributed by atoms with Crippen LogP contribution >= 0.6 is 0 Å². The molecule has 2 aliphatic rings. The highest BCUT2D eigenvalue weighted by molar-refractivity contribution is 5.85. The maximum Gasteiger partial charge on any atom is 0.241 e. The van der Waals surface area contributed by atoms with E-state index in [0.29, 0.717) is 13.2 Å². The van der Waals surface area contributed by atoms with Gasteiger partial charge in [0, 0.05) is 30.6 Å². The summed E-state index contributed by atoms with van der Waals surface area (Å²) in [6.07, 6.45) is 0.899. The van der Waals surface area contributed by atoms with Crippen molar-refractivity contribution in [2.24, 2.45) is 0 Å². The van der Waals surface area contributed by atoms with Gasteiger partial charge in [-0.25, -0.2) is 0 Å². The lowest BCUT2D eigenvalue weighted by atomic mass is 10.00. The zero-order valence-electron chi connectivity index (χ0n) is 10.3. The summed E-state index contributed by atoms with van der Waals surface area (Å²) in [4.78, 5) is 11.9. The third kappa shape index (κ3) is 1.80. The summed E-state index contributed by atoms with van der Waals surface area (Å²) in [6, 6.07) is 3.54. The van der Waals surface area contributed by atoms with Crippen molar-refractivity contribution in [3.8, 4) is 11.5 Å². The quantitative estimate of drug-likeness (QED) is 0.795. The Balaban J connectivity index is 2.01. The lowest BCUT2D eigenvalue weighted by Crippen LogP contribution is -2.47. The molecule has 1 saturated heterocycles. The van der Waals surface area contributed by atoms with Crippen LogP contribution in [0.4, 0.5) is 0 Å². The predicted octanol–water partition coefficient (Wildman–Crippen LogP) is 0.391. The first-order chi connectivity index (χ1) is 8.79. The predicted molar refractivity (Wildman–Crippen MR) is 65.9 cm³/mol. The Morgan fingerprint density at radius 2 is 2.28 bits per heavy atom. The molecule has 1 aromatic carbocycles. The van der Waals surface area contributed by atoms with Crippen molar-refractivity contribution in [2.75, 3.05) is 26.8 Å². The number of benzene rings is 1. The van der Waals surface area contributed by atoms with E-state index in [1.807, 2.05) is 12.1 Å².